The highest BCUT2D eigenvalue weighted by Gasteiger charge is 2.01. The van der Waals surface area contributed by atoms with E-state index < -0.39 is 0 Å². The summed E-state index contributed by atoms with van der Waals surface area (Å²) in [6, 6.07) is 24.6. The Bertz CT molecular complexity index is 929. The zero-order valence-corrected chi connectivity index (χ0v) is 16.0. The van der Waals surface area contributed by atoms with Crippen molar-refractivity contribution in [2.75, 3.05) is 11.9 Å². The molecule has 0 radical (unpaired) electrons. The Labute approximate surface area is 166 Å². The smallest absolute Gasteiger partial charge is 0.259 e. The molecule has 0 aliphatic rings. The van der Waals surface area contributed by atoms with Crippen molar-refractivity contribution in [3.8, 4) is 11.5 Å². The zero-order chi connectivity index (χ0) is 18.9. The predicted molar refractivity (Wildman–Crippen MR) is 111 cm³/mol. The number of hydrazone groups is 1. The van der Waals surface area contributed by atoms with Crippen molar-refractivity contribution in [2.24, 2.45) is 5.10 Å². The van der Waals surface area contributed by atoms with Gasteiger partial charge in [0.15, 0.2) is 0 Å². The number of carbonyl (C=O) groups is 1. The fourth-order valence-corrected chi connectivity index (χ4v) is 2.68. The Hall–Kier alpha value is -3.12. The second-order valence-corrected chi connectivity index (χ2v) is 6.56. The van der Waals surface area contributed by atoms with Crippen molar-refractivity contribution in [3.05, 3.63) is 88.9 Å². The van der Waals surface area contributed by atoms with Gasteiger partial charge in [0.2, 0.25) is 0 Å². The van der Waals surface area contributed by atoms with Crippen LogP contribution in [0, 0.1) is 0 Å². The Morgan fingerprint density at radius 2 is 1.74 bits per heavy atom. The maximum absolute atomic E-state index is 11.9. The minimum atomic E-state index is -0.233. The number of nitrogens with one attached hydrogen (secondary N) is 2. The van der Waals surface area contributed by atoms with Crippen molar-refractivity contribution < 1.29 is 9.53 Å². The van der Waals surface area contributed by atoms with E-state index in [0.29, 0.717) is 5.75 Å². The molecule has 1 amide bonds. The van der Waals surface area contributed by atoms with E-state index in [4.69, 9.17) is 4.74 Å². The van der Waals surface area contributed by atoms with Gasteiger partial charge < -0.3 is 10.1 Å². The number of ether oxygens (including phenoxy) is 1. The number of carbonyl (C=O) groups excluding carboxylic acids is 1. The number of halogens is 1. The van der Waals surface area contributed by atoms with Crippen LogP contribution in [0.15, 0.2) is 88.4 Å². The number of hydrogen-bond acceptors (Lipinski definition) is 4. The van der Waals surface area contributed by atoms with Crippen LogP contribution in [0.3, 0.4) is 0 Å². The standard InChI is InChI=1S/C21H18BrN3O2/c22-17-7-5-8-18(13-17)23-15-21(26)25-24-14-16-6-4-11-20(12-16)27-19-9-2-1-3-10-19/h1-14,23H,15H2,(H,25,26)/b24-14-. The second-order valence-electron chi connectivity index (χ2n) is 5.64. The van der Waals surface area contributed by atoms with Gasteiger partial charge in [-0.25, -0.2) is 5.43 Å². The van der Waals surface area contributed by atoms with Crippen molar-refractivity contribution in [1.82, 2.24) is 5.43 Å². The molecular formula is C21H18BrN3O2. The van der Waals surface area contributed by atoms with Crippen molar-refractivity contribution in [3.63, 3.8) is 0 Å². The molecule has 0 saturated heterocycles. The van der Waals surface area contributed by atoms with Crippen LogP contribution in [-0.4, -0.2) is 18.7 Å². The van der Waals surface area contributed by atoms with Gasteiger partial charge in [0, 0.05) is 10.2 Å². The third kappa shape index (κ3) is 6.27. The zero-order valence-electron chi connectivity index (χ0n) is 14.4. The minimum absolute atomic E-state index is 0.130. The third-order valence-corrected chi connectivity index (χ3v) is 4.01. The van der Waals surface area contributed by atoms with Crippen LogP contribution in [0.25, 0.3) is 0 Å². The number of benzene rings is 3. The number of amides is 1. The molecule has 0 aliphatic heterocycles. The highest BCUT2D eigenvalue weighted by atomic mass is 79.9. The lowest BCUT2D eigenvalue weighted by atomic mass is 10.2. The second kappa shape index (κ2) is 9.54. The summed E-state index contributed by atoms with van der Waals surface area (Å²) in [4.78, 5) is 11.9. The SMILES string of the molecule is O=C(CNc1cccc(Br)c1)N/N=C\c1cccc(Oc2ccccc2)c1. The van der Waals surface area contributed by atoms with Crippen molar-refractivity contribution in [1.29, 1.82) is 0 Å². The maximum atomic E-state index is 11.9. The molecule has 0 bridgehead atoms. The first-order valence-corrected chi connectivity index (χ1v) is 9.13. The lowest BCUT2D eigenvalue weighted by Gasteiger charge is -2.06. The molecule has 136 valence electrons. The van der Waals surface area contributed by atoms with E-state index in [1.165, 1.54) is 0 Å². The quantitative estimate of drug-likeness (QED) is 0.423. The molecule has 0 atom stereocenters. The molecule has 3 aromatic rings. The molecular weight excluding hydrogens is 406 g/mol. The summed E-state index contributed by atoms with van der Waals surface area (Å²) in [6.07, 6.45) is 1.58. The van der Waals surface area contributed by atoms with E-state index >= 15 is 0 Å². The molecule has 0 saturated carbocycles. The summed E-state index contributed by atoms with van der Waals surface area (Å²) >= 11 is 3.39. The van der Waals surface area contributed by atoms with Crippen LogP contribution < -0.4 is 15.5 Å². The Morgan fingerprint density at radius 3 is 2.56 bits per heavy atom. The van der Waals surface area contributed by atoms with E-state index in [1.54, 1.807) is 6.21 Å². The number of para-hydroxylation sites is 1. The van der Waals surface area contributed by atoms with Gasteiger partial charge in [-0.05, 0) is 48.0 Å². The molecule has 2 N–H and O–H groups in total. The van der Waals surface area contributed by atoms with Crippen LogP contribution in [0.4, 0.5) is 5.69 Å². The summed E-state index contributed by atoms with van der Waals surface area (Å²) in [5.41, 5.74) is 4.18. The Morgan fingerprint density at radius 1 is 0.963 bits per heavy atom. The number of hydrogen-bond donors (Lipinski definition) is 2. The molecule has 0 fully saturated rings. The first-order chi connectivity index (χ1) is 13.2. The average Bonchev–Trinajstić information content (AvgIpc) is 2.68. The molecule has 27 heavy (non-hydrogen) atoms. The first-order valence-electron chi connectivity index (χ1n) is 8.33. The van der Waals surface area contributed by atoms with Crippen LogP contribution in [-0.2, 0) is 4.79 Å². The van der Waals surface area contributed by atoms with Gasteiger partial charge in [0.25, 0.3) is 5.91 Å². The lowest BCUT2D eigenvalue weighted by Crippen LogP contribution is -2.25. The maximum Gasteiger partial charge on any atom is 0.259 e. The topological polar surface area (TPSA) is 62.7 Å². The predicted octanol–water partition coefficient (Wildman–Crippen LogP) is 4.80. The van der Waals surface area contributed by atoms with Gasteiger partial charge in [0.1, 0.15) is 11.5 Å². The summed E-state index contributed by atoms with van der Waals surface area (Å²) in [5, 5.41) is 7.02. The van der Waals surface area contributed by atoms with Gasteiger partial charge >= 0.3 is 0 Å². The fourth-order valence-electron chi connectivity index (χ4n) is 2.28. The lowest BCUT2D eigenvalue weighted by molar-refractivity contribution is -0.119. The summed E-state index contributed by atoms with van der Waals surface area (Å²) in [5.74, 6) is 1.23. The summed E-state index contributed by atoms with van der Waals surface area (Å²) < 4.78 is 6.73. The molecule has 0 heterocycles. The minimum Gasteiger partial charge on any atom is -0.457 e. The van der Waals surface area contributed by atoms with E-state index in [9.17, 15) is 4.79 Å². The molecule has 0 unspecified atom stereocenters. The fraction of sp³-hybridized carbons (Fsp3) is 0.0476. The highest BCUT2D eigenvalue weighted by Crippen LogP contribution is 2.21. The monoisotopic (exact) mass is 423 g/mol. The Balaban J connectivity index is 1.50. The molecule has 0 spiro atoms. The molecule has 5 nitrogen and oxygen atoms in total. The first kappa shape index (κ1) is 18.7. The number of nitrogens with zero attached hydrogens (tertiary/aromatic N) is 1. The van der Waals surface area contributed by atoms with Crippen LogP contribution in [0.2, 0.25) is 0 Å². The van der Waals surface area contributed by atoms with E-state index in [0.717, 1.165) is 21.5 Å². The molecule has 3 rings (SSSR count). The summed E-state index contributed by atoms with van der Waals surface area (Å²) in [7, 11) is 0. The van der Waals surface area contributed by atoms with Crippen molar-refractivity contribution >= 4 is 33.7 Å². The van der Waals surface area contributed by atoms with Gasteiger partial charge in [-0.2, -0.15) is 5.10 Å². The number of rotatable bonds is 7. The van der Waals surface area contributed by atoms with Gasteiger partial charge in [-0.1, -0.05) is 52.3 Å². The number of anilines is 1. The van der Waals surface area contributed by atoms with Gasteiger partial charge in [0.05, 0.1) is 12.8 Å². The van der Waals surface area contributed by atoms with E-state index in [-0.39, 0.29) is 12.5 Å². The van der Waals surface area contributed by atoms with Crippen molar-refractivity contribution in [2.45, 2.75) is 0 Å². The summed E-state index contributed by atoms with van der Waals surface area (Å²) in [6.45, 7) is 0.130. The largest absolute Gasteiger partial charge is 0.457 e. The van der Waals surface area contributed by atoms with Crippen LogP contribution in [0.1, 0.15) is 5.56 Å². The average molecular weight is 424 g/mol. The van der Waals surface area contributed by atoms with Crippen LogP contribution in [0.5, 0.6) is 11.5 Å². The molecule has 0 aromatic heterocycles. The Kier molecular flexibility index (Phi) is 6.60. The van der Waals surface area contributed by atoms with Gasteiger partial charge in [-0.3, -0.25) is 4.79 Å². The molecule has 0 aliphatic carbocycles. The van der Waals surface area contributed by atoms with E-state index in [1.807, 2.05) is 78.9 Å². The van der Waals surface area contributed by atoms with Gasteiger partial charge in [-0.15, -0.1) is 0 Å². The molecule has 3 aromatic carbocycles. The van der Waals surface area contributed by atoms with Crippen LogP contribution >= 0.6 is 15.9 Å². The molecule has 6 heteroatoms. The normalized spacial score (nSPS) is 10.6. The third-order valence-electron chi connectivity index (χ3n) is 3.52. The highest BCUT2D eigenvalue weighted by molar-refractivity contribution is 9.10. The van der Waals surface area contributed by atoms with E-state index in [2.05, 4.69) is 31.8 Å².